The molecule has 0 unspecified atom stereocenters. The molecule has 0 radical (unpaired) electrons. The van der Waals surface area contributed by atoms with Crippen LogP contribution in [0.1, 0.15) is 43.6 Å². The monoisotopic (exact) mass is 409 g/mol. The number of rotatable bonds is 5. The molecule has 1 amide bonds. The number of imidazole rings is 1. The first kappa shape index (κ1) is 19.6. The van der Waals surface area contributed by atoms with E-state index in [-0.39, 0.29) is 11.8 Å². The number of anilines is 1. The Morgan fingerprint density at radius 1 is 0.903 bits per heavy atom. The summed E-state index contributed by atoms with van der Waals surface area (Å²) in [7, 11) is 0. The minimum atomic E-state index is -0.0976. The van der Waals surface area contributed by atoms with Gasteiger partial charge in [-0.25, -0.2) is 4.98 Å². The van der Waals surface area contributed by atoms with Crippen LogP contribution in [-0.2, 0) is 4.79 Å². The van der Waals surface area contributed by atoms with E-state index >= 15 is 0 Å². The highest BCUT2D eigenvalue weighted by Crippen LogP contribution is 2.37. The van der Waals surface area contributed by atoms with E-state index in [9.17, 15) is 4.79 Å². The predicted molar refractivity (Wildman–Crippen MR) is 125 cm³/mol. The van der Waals surface area contributed by atoms with Crippen molar-refractivity contribution >= 4 is 17.2 Å². The van der Waals surface area contributed by atoms with Crippen molar-refractivity contribution in [3.8, 4) is 11.3 Å². The Bertz CT molecular complexity index is 1130. The zero-order valence-corrected chi connectivity index (χ0v) is 17.6. The smallest absolute Gasteiger partial charge is 0.232 e. The zero-order valence-electron chi connectivity index (χ0n) is 17.6. The summed E-state index contributed by atoms with van der Waals surface area (Å²) < 4.78 is 2.01. The molecular weight excluding hydrogens is 382 g/mol. The second kappa shape index (κ2) is 8.76. The van der Waals surface area contributed by atoms with Crippen LogP contribution >= 0.6 is 0 Å². The van der Waals surface area contributed by atoms with E-state index in [4.69, 9.17) is 0 Å². The van der Waals surface area contributed by atoms with Gasteiger partial charge < -0.3 is 9.72 Å². The first-order chi connectivity index (χ1) is 15.3. The third-order valence-corrected chi connectivity index (χ3v) is 6.37. The molecule has 0 bridgehead atoms. The number of nitrogens with zero attached hydrogens (tertiary/aromatic N) is 2. The third kappa shape index (κ3) is 4.24. The maximum absolute atomic E-state index is 13.4. The fourth-order valence-electron chi connectivity index (χ4n) is 4.78. The Labute approximate surface area is 183 Å². The molecule has 4 aromatic rings. The summed E-state index contributed by atoms with van der Waals surface area (Å²) in [5, 5.41) is 3.18. The maximum Gasteiger partial charge on any atom is 0.232 e. The summed E-state index contributed by atoms with van der Waals surface area (Å²) in [6, 6.07) is 24.2. The molecule has 1 fully saturated rings. The summed E-state index contributed by atoms with van der Waals surface area (Å²) >= 11 is 0. The van der Waals surface area contributed by atoms with Gasteiger partial charge in [-0.1, -0.05) is 67.8 Å². The van der Waals surface area contributed by atoms with Gasteiger partial charge in [0, 0.05) is 23.6 Å². The highest BCUT2D eigenvalue weighted by atomic mass is 16.1. The summed E-state index contributed by atoms with van der Waals surface area (Å²) in [5.41, 5.74) is 4.83. The van der Waals surface area contributed by atoms with Crippen molar-refractivity contribution in [3.63, 3.8) is 0 Å². The van der Waals surface area contributed by atoms with Gasteiger partial charge in [0.25, 0.3) is 0 Å². The Morgan fingerprint density at radius 2 is 1.65 bits per heavy atom. The Kier molecular flexibility index (Phi) is 5.53. The Balaban J connectivity index is 1.35. The topological polar surface area (TPSA) is 46.4 Å². The molecule has 1 aliphatic carbocycles. The number of amides is 1. The average molecular weight is 410 g/mol. The molecule has 1 N–H and O–H groups in total. The molecule has 2 aromatic heterocycles. The van der Waals surface area contributed by atoms with Crippen LogP contribution in [0.4, 0.5) is 5.69 Å². The van der Waals surface area contributed by atoms with Gasteiger partial charge in [-0.3, -0.25) is 4.79 Å². The van der Waals surface area contributed by atoms with Crippen LogP contribution < -0.4 is 5.32 Å². The van der Waals surface area contributed by atoms with E-state index < -0.39 is 0 Å². The largest absolute Gasteiger partial charge is 0.326 e. The number of pyridine rings is 1. The minimum Gasteiger partial charge on any atom is -0.326 e. The van der Waals surface area contributed by atoms with E-state index in [0.717, 1.165) is 41.0 Å². The maximum atomic E-state index is 13.4. The van der Waals surface area contributed by atoms with Gasteiger partial charge in [0.2, 0.25) is 5.91 Å². The molecule has 0 saturated heterocycles. The summed E-state index contributed by atoms with van der Waals surface area (Å²) in [4.78, 5) is 18.0. The van der Waals surface area contributed by atoms with Crippen molar-refractivity contribution in [1.82, 2.24) is 9.38 Å². The van der Waals surface area contributed by atoms with Crippen LogP contribution in [-0.4, -0.2) is 15.3 Å². The summed E-state index contributed by atoms with van der Waals surface area (Å²) in [6.45, 7) is 0. The number of nitrogens with one attached hydrogen (secondary N) is 1. The lowest BCUT2D eigenvalue weighted by Crippen LogP contribution is -2.29. The molecule has 0 spiro atoms. The molecule has 2 aromatic carbocycles. The third-order valence-electron chi connectivity index (χ3n) is 6.37. The lowest BCUT2D eigenvalue weighted by molar-refractivity contribution is -0.119. The number of carbonyl (C=O) groups is 1. The first-order valence-electron chi connectivity index (χ1n) is 11.2. The molecule has 1 atom stereocenters. The van der Waals surface area contributed by atoms with Crippen molar-refractivity contribution in [3.05, 3.63) is 90.8 Å². The van der Waals surface area contributed by atoms with Gasteiger partial charge in [-0.15, -0.1) is 0 Å². The Hall–Kier alpha value is -3.40. The second-order valence-electron chi connectivity index (χ2n) is 8.45. The van der Waals surface area contributed by atoms with Gasteiger partial charge in [0.1, 0.15) is 5.65 Å². The van der Waals surface area contributed by atoms with Crippen LogP contribution in [0.3, 0.4) is 0 Å². The van der Waals surface area contributed by atoms with Crippen molar-refractivity contribution in [1.29, 1.82) is 0 Å². The molecule has 4 heteroatoms. The highest BCUT2D eigenvalue weighted by molar-refractivity contribution is 5.96. The molecular formula is C27H27N3O. The SMILES string of the molecule is O=C(Nc1ccc(-c2cn3ccccc3n2)cc1)[C@@H](c1ccccc1)C1CCCCC1. The predicted octanol–water partition coefficient (Wildman–Crippen LogP) is 6.30. The summed E-state index contributed by atoms with van der Waals surface area (Å²) in [6.07, 6.45) is 9.99. The van der Waals surface area contributed by atoms with Crippen molar-refractivity contribution in [2.75, 3.05) is 5.32 Å². The number of aromatic nitrogens is 2. The van der Waals surface area contributed by atoms with Crippen molar-refractivity contribution in [2.24, 2.45) is 5.92 Å². The van der Waals surface area contributed by atoms with Gasteiger partial charge in [-0.05, 0) is 48.6 Å². The molecule has 31 heavy (non-hydrogen) atoms. The standard InChI is InChI=1S/C27H27N3O/c31-27(26(21-9-3-1-4-10-21)22-11-5-2-6-12-22)28-23-16-14-20(15-17-23)24-19-30-18-8-7-13-25(30)29-24/h1,3-4,7-10,13-19,22,26H,2,5-6,11-12H2,(H,28,31)/t26-/m0/s1. The number of hydrogen-bond acceptors (Lipinski definition) is 2. The van der Waals surface area contributed by atoms with Crippen LogP contribution in [0.2, 0.25) is 0 Å². The lowest BCUT2D eigenvalue weighted by atomic mass is 9.76. The Morgan fingerprint density at radius 3 is 2.39 bits per heavy atom. The second-order valence-corrected chi connectivity index (χ2v) is 8.45. The minimum absolute atomic E-state index is 0.0959. The average Bonchev–Trinajstić information content (AvgIpc) is 3.25. The fraction of sp³-hybridized carbons (Fsp3) is 0.259. The number of benzene rings is 2. The van der Waals surface area contributed by atoms with Gasteiger partial charge in [0.05, 0.1) is 11.6 Å². The van der Waals surface area contributed by atoms with Crippen molar-refractivity contribution in [2.45, 2.75) is 38.0 Å². The molecule has 0 aliphatic heterocycles. The fourth-order valence-corrected chi connectivity index (χ4v) is 4.78. The van der Waals surface area contributed by atoms with E-state index in [2.05, 4.69) is 22.4 Å². The molecule has 156 valence electrons. The normalized spacial score (nSPS) is 15.6. The van der Waals surface area contributed by atoms with Gasteiger partial charge >= 0.3 is 0 Å². The lowest BCUT2D eigenvalue weighted by Gasteiger charge is -2.29. The van der Waals surface area contributed by atoms with E-state index in [1.807, 2.05) is 77.5 Å². The van der Waals surface area contributed by atoms with Crippen LogP contribution in [0.5, 0.6) is 0 Å². The van der Waals surface area contributed by atoms with Gasteiger partial charge in [-0.2, -0.15) is 0 Å². The number of carbonyl (C=O) groups excluding carboxylic acids is 1. The zero-order chi connectivity index (χ0) is 21.0. The highest BCUT2D eigenvalue weighted by Gasteiger charge is 2.30. The van der Waals surface area contributed by atoms with Crippen LogP contribution in [0.15, 0.2) is 85.2 Å². The van der Waals surface area contributed by atoms with E-state index in [1.54, 1.807) is 0 Å². The van der Waals surface area contributed by atoms with Gasteiger partial charge in [0.15, 0.2) is 0 Å². The number of fused-ring (bicyclic) bond motifs is 1. The van der Waals surface area contributed by atoms with E-state index in [0.29, 0.717) is 5.92 Å². The molecule has 2 heterocycles. The molecule has 4 nitrogen and oxygen atoms in total. The first-order valence-corrected chi connectivity index (χ1v) is 11.2. The number of hydrogen-bond donors (Lipinski definition) is 1. The van der Waals surface area contributed by atoms with Crippen LogP contribution in [0, 0.1) is 5.92 Å². The molecule has 5 rings (SSSR count). The molecule has 1 saturated carbocycles. The van der Waals surface area contributed by atoms with Crippen LogP contribution in [0.25, 0.3) is 16.9 Å². The van der Waals surface area contributed by atoms with E-state index in [1.165, 1.54) is 19.3 Å². The summed E-state index contributed by atoms with van der Waals surface area (Å²) in [5.74, 6) is 0.409. The quantitative estimate of drug-likeness (QED) is 0.420. The van der Waals surface area contributed by atoms with Crippen molar-refractivity contribution < 1.29 is 4.79 Å². The molecule has 1 aliphatic rings.